The molecule has 0 aliphatic rings. The number of benzene rings is 2. The molecule has 158 valence electrons. The Balaban J connectivity index is 1.33. The molecule has 0 radical (unpaired) electrons. The van der Waals surface area contributed by atoms with Crippen LogP contribution in [-0.4, -0.2) is 21.0 Å². The normalized spacial score (nSPS) is 11.1. The maximum atomic E-state index is 12.7. The van der Waals surface area contributed by atoms with Crippen molar-refractivity contribution in [3.8, 4) is 21.8 Å². The molecular formula is C25H20N4O2S. The van der Waals surface area contributed by atoms with Crippen molar-refractivity contribution in [1.29, 1.82) is 0 Å². The molecular weight excluding hydrogens is 420 g/mol. The number of carbonyl (C=O) groups is 1. The Morgan fingerprint density at radius 3 is 2.81 bits per heavy atom. The first-order valence-corrected chi connectivity index (χ1v) is 11.1. The Morgan fingerprint density at radius 1 is 1.09 bits per heavy atom. The van der Waals surface area contributed by atoms with Gasteiger partial charge < -0.3 is 9.84 Å². The van der Waals surface area contributed by atoms with Crippen molar-refractivity contribution in [2.45, 2.75) is 20.3 Å². The van der Waals surface area contributed by atoms with Gasteiger partial charge in [-0.1, -0.05) is 23.4 Å². The highest BCUT2D eigenvalue weighted by atomic mass is 32.1. The van der Waals surface area contributed by atoms with Gasteiger partial charge in [0.15, 0.2) is 5.58 Å². The average molecular weight is 441 g/mol. The van der Waals surface area contributed by atoms with Crippen LogP contribution in [-0.2, 0) is 11.2 Å². The van der Waals surface area contributed by atoms with E-state index in [4.69, 9.17) is 9.51 Å². The largest absolute Gasteiger partial charge is 0.356 e. The second kappa shape index (κ2) is 8.36. The quantitative estimate of drug-likeness (QED) is 0.373. The molecule has 0 bridgehead atoms. The van der Waals surface area contributed by atoms with E-state index in [1.807, 2.05) is 61.7 Å². The van der Waals surface area contributed by atoms with E-state index in [2.05, 4.69) is 21.5 Å². The first kappa shape index (κ1) is 20.1. The predicted octanol–water partition coefficient (Wildman–Crippen LogP) is 5.81. The summed E-state index contributed by atoms with van der Waals surface area (Å²) in [7, 11) is 0. The van der Waals surface area contributed by atoms with Crippen LogP contribution < -0.4 is 5.32 Å². The first-order chi connectivity index (χ1) is 15.6. The molecule has 0 aliphatic carbocycles. The molecule has 3 heterocycles. The van der Waals surface area contributed by atoms with Crippen LogP contribution in [0.4, 0.5) is 5.69 Å². The summed E-state index contributed by atoms with van der Waals surface area (Å²) in [5, 5.41) is 10.9. The van der Waals surface area contributed by atoms with Gasteiger partial charge in [0.25, 0.3) is 0 Å². The van der Waals surface area contributed by atoms with Crippen LogP contribution in [0.25, 0.3) is 32.8 Å². The van der Waals surface area contributed by atoms with Crippen molar-refractivity contribution in [1.82, 2.24) is 15.1 Å². The zero-order valence-corrected chi connectivity index (χ0v) is 18.4. The molecule has 5 rings (SSSR count). The maximum absolute atomic E-state index is 12.7. The third-order valence-corrected chi connectivity index (χ3v) is 6.06. The molecule has 5 aromatic rings. The molecule has 0 saturated carbocycles. The third kappa shape index (κ3) is 4.02. The van der Waals surface area contributed by atoms with Crippen molar-refractivity contribution in [2.75, 3.05) is 5.32 Å². The molecule has 0 spiro atoms. The van der Waals surface area contributed by atoms with Crippen molar-refractivity contribution >= 4 is 33.9 Å². The van der Waals surface area contributed by atoms with Crippen LogP contribution in [0, 0.1) is 13.8 Å². The molecule has 7 heteroatoms. The summed E-state index contributed by atoms with van der Waals surface area (Å²) >= 11 is 1.57. The van der Waals surface area contributed by atoms with Gasteiger partial charge in [0.2, 0.25) is 5.91 Å². The van der Waals surface area contributed by atoms with Gasteiger partial charge in [0.05, 0.1) is 12.1 Å². The van der Waals surface area contributed by atoms with Crippen LogP contribution >= 0.6 is 11.3 Å². The monoisotopic (exact) mass is 440 g/mol. The van der Waals surface area contributed by atoms with Crippen LogP contribution in [0.15, 0.2) is 70.8 Å². The first-order valence-electron chi connectivity index (χ1n) is 10.2. The topological polar surface area (TPSA) is 80.9 Å². The van der Waals surface area contributed by atoms with Gasteiger partial charge in [-0.25, -0.2) is 4.98 Å². The summed E-state index contributed by atoms with van der Waals surface area (Å²) in [6.07, 6.45) is 3.69. The van der Waals surface area contributed by atoms with Crippen molar-refractivity contribution < 1.29 is 9.32 Å². The number of anilines is 1. The van der Waals surface area contributed by atoms with E-state index in [0.29, 0.717) is 17.0 Å². The lowest BCUT2D eigenvalue weighted by Gasteiger charge is -2.06. The molecule has 0 unspecified atom stereocenters. The zero-order chi connectivity index (χ0) is 22.1. The van der Waals surface area contributed by atoms with E-state index in [0.717, 1.165) is 38.3 Å². The summed E-state index contributed by atoms with van der Waals surface area (Å²) in [6, 6.07) is 15.6. The predicted molar refractivity (Wildman–Crippen MR) is 127 cm³/mol. The number of aromatic nitrogens is 3. The SMILES string of the molecule is Cc1cc(C)c2c(CC(=O)Nc3cccc(-c4csc(-c5cccnc5)n4)c3)noc2c1. The van der Waals surface area contributed by atoms with Gasteiger partial charge >= 0.3 is 0 Å². The Labute approximate surface area is 189 Å². The fraction of sp³-hybridized carbons (Fsp3) is 0.120. The number of thiazole rings is 1. The van der Waals surface area contributed by atoms with Gasteiger partial charge in [0, 0.05) is 40.0 Å². The molecule has 3 aromatic heterocycles. The molecule has 1 N–H and O–H groups in total. The molecule has 0 atom stereocenters. The highest BCUT2D eigenvalue weighted by molar-refractivity contribution is 7.13. The number of carbonyl (C=O) groups excluding carboxylic acids is 1. The maximum Gasteiger partial charge on any atom is 0.230 e. The van der Waals surface area contributed by atoms with Crippen molar-refractivity contribution in [2.24, 2.45) is 0 Å². The summed E-state index contributed by atoms with van der Waals surface area (Å²) in [4.78, 5) is 21.6. The van der Waals surface area contributed by atoms with Crippen LogP contribution in [0.1, 0.15) is 16.8 Å². The lowest BCUT2D eigenvalue weighted by Crippen LogP contribution is -2.14. The van der Waals surface area contributed by atoms with Gasteiger partial charge in [-0.15, -0.1) is 11.3 Å². The molecule has 6 nitrogen and oxygen atoms in total. The van der Waals surface area contributed by atoms with E-state index in [9.17, 15) is 4.79 Å². The smallest absolute Gasteiger partial charge is 0.230 e. The third-order valence-electron chi connectivity index (χ3n) is 5.17. The van der Waals surface area contributed by atoms with Crippen molar-refractivity contribution in [3.05, 3.63) is 83.1 Å². The second-order valence-electron chi connectivity index (χ2n) is 7.67. The molecule has 2 aromatic carbocycles. The number of hydrogen-bond donors (Lipinski definition) is 1. The van der Waals surface area contributed by atoms with Gasteiger partial charge in [-0.2, -0.15) is 0 Å². The number of hydrogen-bond acceptors (Lipinski definition) is 6. The number of nitrogens with zero attached hydrogens (tertiary/aromatic N) is 3. The Morgan fingerprint density at radius 2 is 1.97 bits per heavy atom. The Hall–Kier alpha value is -3.84. The summed E-state index contributed by atoms with van der Waals surface area (Å²) in [6.45, 7) is 4.02. The van der Waals surface area contributed by atoms with Crippen molar-refractivity contribution in [3.63, 3.8) is 0 Å². The Kier molecular flexibility index (Phi) is 5.25. The van der Waals surface area contributed by atoms with Gasteiger partial charge in [-0.3, -0.25) is 9.78 Å². The van der Waals surface area contributed by atoms with Crippen LogP contribution in [0.5, 0.6) is 0 Å². The molecule has 32 heavy (non-hydrogen) atoms. The number of fused-ring (bicyclic) bond motifs is 1. The number of aryl methyl sites for hydroxylation is 2. The summed E-state index contributed by atoms with van der Waals surface area (Å²) in [5.41, 5.74) is 7.01. The number of nitrogens with one attached hydrogen (secondary N) is 1. The number of pyridine rings is 1. The minimum absolute atomic E-state index is 0.142. The highest BCUT2D eigenvalue weighted by Crippen LogP contribution is 2.30. The van der Waals surface area contributed by atoms with Gasteiger partial charge in [0.1, 0.15) is 10.7 Å². The van der Waals surface area contributed by atoms with Crippen LogP contribution in [0.3, 0.4) is 0 Å². The summed E-state index contributed by atoms with van der Waals surface area (Å²) in [5.74, 6) is -0.147. The molecule has 0 saturated heterocycles. The summed E-state index contributed by atoms with van der Waals surface area (Å²) < 4.78 is 5.44. The lowest BCUT2D eigenvalue weighted by atomic mass is 10.0. The highest BCUT2D eigenvalue weighted by Gasteiger charge is 2.15. The van der Waals surface area contributed by atoms with E-state index in [-0.39, 0.29) is 12.3 Å². The molecule has 1 amide bonds. The van der Waals surface area contributed by atoms with Gasteiger partial charge in [-0.05, 0) is 55.3 Å². The Bertz CT molecular complexity index is 1420. The second-order valence-corrected chi connectivity index (χ2v) is 8.53. The standard InChI is InChI=1S/C25H20N4O2S/c1-15-9-16(2)24-20(29-31-22(24)10-15)12-23(30)27-19-7-3-5-17(11-19)21-14-32-25(28-21)18-6-4-8-26-13-18/h3-11,13-14H,12H2,1-2H3,(H,27,30). The van der Waals surface area contributed by atoms with Crippen LogP contribution in [0.2, 0.25) is 0 Å². The number of amides is 1. The van der Waals surface area contributed by atoms with E-state index < -0.39 is 0 Å². The minimum atomic E-state index is -0.147. The average Bonchev–Trinajstić information content (AvgIpc) is 3.42. The lowest BCUT2D eigenvalue weighted by molar-refractivity contribution is -0.115. The fourth-order valence-corrected chi connectivity index (χ4v) is 4.60. The molecule has 0 aliphatic heterocycles. The minimum Gasteiger partial charge on any atom is -0.356 e. The van der Waals surface area contributed by atoms with E-state index in [1.165, 1.54) is 0 Å². The zero-order valence-electron chi connectivity index (χ0n) is 17.6. The van der Waals surface area contributed by atoms with E-state index >= 15 is 0 Å². The van der Waals surface area contributed by atoms with E-state index in [1.54, 1.807) is 23.7 Å². The molecule has 0 fully saturated rings. The number of rotatable bonds is 5. The fourth-order valence-electron chi connectivity index (χ4n) is 3.78.